The maximum absolute atomic E-state index is 6.51. The molecule has 0 atom stereocenters. The van der Waals surface area contributed by atoms with Crippen LogP contribution in [0.3, 0.4) is 0 Å². The van der Waals surface area contributed by atoms with E-state index in [-0.39, 0.29) is 0 Å². The van der Waals surface area contributed by atoms with Crippen molar-refractivity contribution < 1.29 is 4.42 Å². The van der Waals surface area contributed by atoms with Gasteiger partial charge in [-0.2, -0.15) is 0 Å². The lowest BCUT2D eigenvalue weighted by Gasteiger charge is -2.12. The summed E-state index contributed by atoms with van der Waals surface area (Å²) in [6, 6.07) is 57.6. The van der Waals surface area contributed by atoms with Crippen LogP contribution in [0.1, 0.15) is 0 Å². The van der Waals surface area contributed by atoms with Crippen molar-refractivity contribution >= 4 is 75.3 Å². The van der Waals surface area contributed by atoms with Crippen molar-refractivity contribution in [2.45, 2.75) is 0 Å². The number of benzene rings is 7. The molecule has 0 N–H and O–H groups in total. The number of fused-ring (bicyclic) bond motifs is 10. The predicted molar refractivity (Wildman–Crippen MR) is 213 cm³/mol. The van der Waals surface area contributed by atoms with E-state index in [0.29, 0.717) is 0 Å². The molecule has 0 aliphatic heterocycles. The Morgan fingerprint density at radius 3 is 2.02 bits per heavy atom. The van der Waals surface area contributed by atoms with Gasteiger partial charge in [-0.1, -0.05) is 109 Å². The third-order valence-corrected chi connectivity index (χ3v) is 11.3. The van der Waals surface area contributed by atoms with Gasteiger partial charge in [0.2, 0.25) is 0 Å². The highest BCUT2D eigenvalue weighted by Gasteiger charge is 2.19. The van der Waals surface area contributed by atoms with E-state index in [1.165, 1.54) is 25.6 Å². The van der Waals surface area contributed by atoms with Crippen molar-refractivity contribution in [2.24, 2.45) is 0 Å². The van der Waals surface area contributed by atoms with Crippen LogP contribution in [-0.2, 0) is 0 Å². The SMILES string of the molecule is c1ccc(-c2cc(-c3ccc(-n4c5ccccc5c5c6oc7ccccc7c6ccc54)cc3)nc(-c3cccc4c3sc3ccccc34)n2)cc1. The molecule has 238 valence electrons. The fraction of sp³-hybridized carbons (Fsp3) is 0. The van der Waals surface area contributed by atoms with Crippen LogP contribution in [-0.4, -0.2) is 14.5 Å². The summed E-state index contributed by atoms with van der Waals surface area (Å²) in [5.74, 6) is 0.727. The van der Waals surface area contributed by atoms with E-state index >= 15 is 0 Å². The Hall–Kier alpha value is -6.56. The number of hydrogen-bond donors (Lipinski definition) is 0. The maximum Gasteiger partial charge on any atom is 0.161 e. The largest absolute Gasteiger partial charge is 0.455 e. The van der Waals surface area contributed by atoms with E-state index in [0.717, 1.165) is 77.9 Å². The zero-order valence-corrected chi connectivity index (χ0v) is 28.1. The Kier molecular flexibility index (Phi) is 6.09. The van der Waals surface area contributed by atoms with E-state index in [2.05, 4.69) is 150 Å². The lowest BCUT2D eigenvalue weighted by atomic mass is 10.1. The first-order valence-corrected chi connectivity index (χ1v) is 17.9. The molecule has 0 aliphatic rings. The molecule has 0 unspecified atom stereocenters. The quantitative estimate of drug-likeness (QED) is 0.187. The Bertz CT molecular complexity index is 3130. The number of aromatic nitrogens is 3. The van der Waals surface area contributed by atoms with Crippen LogP contribution >= 0.6 is 11.3 Å². The van der Waals surface area contributed by atoms with Crippen LogP contribution in [0.4, 0.5) is 0 Å². The lowest BCUT2D eigenvalue weighted by molar-refractivity contribution is 0.673. The molecule has 4 aromatic heterocycles. The summed E-state index contributed by atoms with van der Waals surface area (Å²) < 4.78 is 11.3. The molecule has 5 heteroatoms. The number of hydrogen-bond acceptors (Lipinski definition) is 4. The second-order valence-corrected chi connectivity index (χ2v) is 14.0. The Morgan fingerprint density at radius 1 is 0.490 bits per heavy atom. The highest BCUT2D eigenvalue weighted by molar-refractivity contribution is 7.26. The summed E-state index contributed by atoms with van der Waals surface area (Å²) in [5, 5.41) is 7.07. The van der Waals surface area contributed by atoms with Crippen LogP contribution in [0.2, 0.25) is 0 Å². The van der Waals surface area contributed by atoms with Crippen molar-refractivity contribution in [1.82, 2.24) is 14.5 Å². The average molecular weight is 670 g/mol. The minimum absolute atomic E-state index is 0.727. The second-order valence-electron chi connectivity index (χ2n) is 12.9. The third-order valence-electron chi connectivity index (χ3n) is 10.0. The van der Waals surface area contributed by atoms with Gasteiger partial charge in [-0.15, -0.1) is 11.3 Å². The van der Waals surface area contributed by atoms with Crippen LogP contribution < -0.4 is 0 Å². The van der Waals surface area contributed by atoms with Gasteiger partial charge in [0.1, 0.15) is 11.2 Å². The zero-order valence-electron chi connectivity index (χ0n) is 27.2. The van der Waals surface area contributed by atoms with Gasteiger partial charge in [0.15, 0.2) is 5.82 Å². The number of nitrogens with zero attached hydrogens (tertiary/aromatic N) is 3. The van der Waals surface area contributed by atoms with Crippen LogP contribution in [0.25, 0.3) is 104 Å². The van der Waals surface area contributed by atoms with E-state index in [9.17, 15) is 0 Å². The first-order valence-electron chi connectivity index (χ1n) is 17.1. The van der Waals surface area contributed by atoms with Crippen LogP contribution in [0, 0.1) is 0 Å². The van der Waals surface area contributed by atoms with Gasteiger partial charge < -0.3 is 8.98 Å². The molecule has 0 bridgehead atoms. The molecule has 0 spiro atoms. The van der Waals surface area contributed by atoms with Gasteiger partial charge in [-0.3, -0.25) is 0 Å². The standard InChI is InChI=1S/C46H27N3OS/c1-2-11-28(12-3-1)37-27-38(48-46(47-37)36-17-10-16-34-32-14-6-9-20-42(32)51-45(34)36)29-21-23-30(24-22-29)49-39-18-7-4-15-35(39)43-40(49)26-25-33-31-13-5-8-19-41(31)50-44(33)43/h1-27H. The molecular weight excluding hydrogens is 643 g/mol. The molecule has 0 amide bonds. The van der Waals surface area contributed by atoms with E-state index in [1.807, 2.05) is 18.2 Å². The summed E-state index contributed by atoms with van der Waals surface area (Å²) in [6.07, 6.45) is 0. The lowest BCUT2D eigenvalue weighted by Crippen LogP contribution is -1.97. The summed E-state index contributed by atoms with van der Waals surface area (Å²) in [7, 11) is 0. The molecule has 0 radical (unpaired) electrons. The molecule has 0 saturated heterocycles. The number of rotatable bonds is 4. The summed E-state index contributed by atoms with van der Waals surface area (Å²) >= 11 is 1.80. The summed E-state index contributed by atoms with van der Waals surface area (Å²) in [5.41, 5.74) is 10.1. The monoisotopic (exact) mass is 669 g/mol. The highest BCUT2D eigenvalue weighted by Crippen LogP contribution is 2.42. The minimum atomic E-state index is 0.727. The fourth-order valence-corrected chi connectivity index (χ4v) is 8.90. The van der Waals surface area contributed by atoms with E-state index in [4.69, 9.17) is 14.4 Å². The normalized spacial score (nSPS) is 11.9. The molecule has 11 rings (SSSR count). The smallest absolute Gasteiger partial charge is 0.161 e. The molecule has 4 heterocycles. The van der Waals surface area contributed by atoms with E-state index < -0.39 is 0 Å². The average Bonchev–Trinajstić information content (AvgIpc) is 3.88. The molecule has 4 nitrogen and oxygen atoms in total. The molecule has 7 aromatic carbocycles. The van der Waals surface area contributed by atoms with E-state index in [1.54, 1.807) is 11.3 Å². The summed E-state index contributed by atoms with van der Waals surface area (Å²) in [6.45, 7) is 0. The van der Waals surface area contributed by atoms with Crippen molar-refractivity contribution in [3.05, 3.63) is 164 Å². The van der Waals surface area contributed by atoms with Gasteiger partial charge in [-0.05, 0) is 54.6 Å². The van der Waals surface area contributed by atoms with Crippen LogP contribution in [0.15, 0.2) is 168 Å². The molecule has 0 saturated carbocycles. The van der Waals surface area contributed by atoms with Gasteiger partial charge in [0.05, 0.1) is 27.8 Å². The van der Waals surface area contributed by atoms with Gasteiger partial charge in [0, 0.05) is 58.7 Å². The zero-order chi connectivity index (χ0) is 33.5. The summed E-state index contributed by atoms with van der Waals surface area (Å²) in [4.78, 5) is 10.4. The van der Waals surface area contributed by atoms with Crippen molar-refractivity contribution in [3.63, 3.8) is 0 Å². The van der Waals surface area contributed by atoms with Crippen LogP contribution in [0.5, 0.6) is 0 Å². The number of furan rings is 1. The molecule has 11 aromatic rings. The molecule has 51 heavy (non-hydrogen) atoms. The Balaban J connectivity index is 1.08. The van der Waals surface area contributed by atoms with Gasteiger partial charge in [-0.25, -0.2) is 9.97 Å². The molecular formula is C46H27N3OS. The van der Waals surface area contributed by atoms with Gasteiger partial charge in [0.25, 0.3) is 0 Å². The predicted octanol–water partition coefficient (Wildman–Crippen LogP) is 12.8. The topological polar surface area (TPSA) is 43.9 Å². The third kappa shape index (κ3) is 4.32. The maximum atomic E-state index is 6.51. The number of para-hydroxylation sites is 2. The van der Waals surface area contributed by atoms with Crippen molar-refractivity contribution in [2.75, 3.05) is 0 Å². The van der Waals surface area contributed by atoms with Crippen molar-refractivity contribution in [1.29, 1.82) is 0 Å². The fourth-order valence-electron chi connectivity index (χ4n) is 7.69. The van der Waals surface area contributed by atoms with Gasteiger partial charge >= 0.3 is 0 Å². The minimum Gasteiger partial charge on any atom is -0.455 e. The number of thiophene rings is 1. The molecule has 0 fully saturated rings. The molecule has 0 aliphatic carbocycles. The second kappa shape index (κ2) is 11.0. The first kappa shape index (κ1) is 28.3. The Morgan fingerprint density at radius 2 is 1.18 bits per heavy atom. The van der Waals surface area contributed by atoms with Crippen molar-refractivity contribution in [3.8, 4) is 39.6 Å². The highest BCUT2D eigenvalue weighted by atomic mass is 32.1. The first-order chi connectivity index (χ1) is 25.3. The Labute approximate surface area is 296 Å².